The molecule has 12 nitrogen and oxygen atoms in total. The van der Waals surface area contributed by atoms with Crippen LogP contribution in [0.4, 0.5) is 28.4 Å². The molecule has 0 unspecified atom stereocenters. The first-order valence-corrected chi connectivity index (χ1v) is 23.4. The molecule has 0 saturated heterocycles. The number of anilines is 4. The molecular formula is C49H51N5O7S2. The average Bonchev–Trinajstić information content (AvgIpc) is 3.78. The summed E-state index contributed by atoms with van der Waals surface area (Å²) >= 11 is 0. The summed E-state index contributed by atoms with van der Waals surface area (Å²) in [4.78, 5) is 49.6. The van der Waals surface area contributed by atoms with Crippen molar-refractivity contribution in [3.8, 4) is 23.0 Å². The second kappa shape index (κ2) is 18.3. The Morgan fingerprint density at radius 1 is 0.841 bits per heavy atom. The van der Waals surface area contributed by atoms with Crippen LogP contribution in [0.5, 0.6) is 23.0 Å². The number of rotatable bonds is 15. The highest BCUT2D eigenvalue weighted by Crippen LogP contribution is 2.42. The number of ether oxygens (including phenoxy) is 4. The van der Waals surface area contributed by atoms with Gasteiger partial charge in [-0.25, -0.2) is 0 Å². The summed E-state index contributed by atoms with van der Waals surface area (Å²) in [5.41, 5.74) is 14.1. The minimum Gasteiger partial charge on any atom is -0.493 e. The second-order valence-corrected chi connectivity index (χ2v) is 19.6. The van der Waals surface area contributed by atoms with E-state index in [1.54, 1.807) is 55.7 Å². The number of nitrogens with zero attached hydrogens (tertiary/aromatic N) is 3. The zero-order chi connectivity index (χ0) is 44.4. The van der Waals surface area contributed by atoms with E-state index < -0.39 is 0 Å². The number of para-hydroxylation sites is 2. The van der Waals surface area contributed by atoms with Crippen molar-refractivity contribution in [2.75, 3.05) is 41.3 Å². The Morgan fingerprint density at radius 3 is 2.16 bits per heavy atom. The number of methoxy groups -OCH3 is 2. The Hall–Kier alpha value is -6.12. The van der Waals surface area contributed by atoms with Gasteiger partial charge >= 0.3 is 0 Å². The molecule has 0 aromatic heterocycles. The van der Waals surface area contributed by atoms with Crippen LogP contribution in [0.3, 0.4) is 0 Å². The molecule has 8 rings (SSSR count). The summed E-state index contributed by atoms with van der Waals surface area (Å²) < 4.78 is 24.2. The maximum Gasteiger partial charge on any atom is 0.261 e. The van der Waals surface area contributed by atoms with Crippen LogP contribution in [-0.4, -0.2) is 61.2 Å². The second-order valence-electron chi connectivity index (χ2n) is 16.5. The third-order valence-corrected chi connectivity index (χ3v) is 14.2. The first-order valence-electron chi connectivity index (χ1n) is 20.8. The van der Waals surface area contributed by atoms with Crippen molar-refractivity contribution in [1.82, 2.24) is 0 Å². The lowest BCUT2D eigenvalue weighted by atomic mass is 10.1. The minimum absolute atomic E-state index is 0.0323. The van der Waals surface area contributed by atoms with Crippen molar-refractivity contribution in [3.05, 3.63) is 124 Å². The highest BCUT2D eigenvalue weighted by molar-refractivity contribution is 8.76. The lowest BCUT2D eigenvalue weighted by molar-refractivity contribution is -0.116. The SMILES string of the molecule is COc1cc(C(=O)N2c3ccccc3C[C@H]2C)c(N)cc1OCc1cc(COc2cc3c(cc2OC)C(=O)N2c4ccccc4C[C@H]2C=N3)cc(NC(=O)CCC(C)(C)SSC)c1. The third-order valence-electron chi connectivity index (χ3n) is 11.5. The van der Waals surface area contributed by atoms with E-state index in [0.29, 0.717) is 64.8 Å². The van der Waals surface area contributed by atoms with Gasteiger partial charge in [0, 0.05) is 64.7 Å². The molecular weight excluding hydrogens is 835 g/mol. The van der Waals surface area contributed by atoms with Gasteiger partial charge in [0.15, 0.2) is 23.0 Å². The van der Waals surface area contributed by atoms with Crippen molar-refractivity contribution in [1.29, 1.82) is 0 Å². The predicted octanol–water partition coefficient (Wildman–Crippen LogP) is 9.83. The van der Waals surface area contributed by atoms with Crippen LogP contribution >= 0.6 is 21.6 Å². The van der Waals surface area contributed by atoms with Crippen LogP contribution in [0.25, 0.3) is 0 Å². The summed E-state index contributed by atoms with van der Waals surface area (Å²) in [7, 11) is 6.48. The Labute approximate surface area is 375 Å². The van der Waals surface area contributed by atoms with Crippen LogP contribution in [0.15, 0.2) is 96.0 Å². The van der Waals surface area contributed by atoms with E-state index in [-0.39, 0.29) is 53.5 Å². The van der Waals surface area contributed by atoms with Crippen molar-refractivity contribution < 1.29 is 33.3 Å². The largest absolute Gasteiger partial charge is 0.493 e. The fourth-order valence-electron chi connectivity index (χ4n) is 8.46. The molecule has 0 radical (unpaired) electrons. The Kier molecular flexibility index (Phi) is 12.6. The fourth-order valence-corrected chi connectivity index (χ4v) is 10.7. The van der Waals surface area contributed by atoms with E-state index in [9.17, 15) is 14.4 Å². The average molecular weight is 886 g/mol. The number of benzene rings is 5. The molecule has 14 heteroatoms. The normalized spacial score (nSPS) is 16.1. The monoisotopic (exact) mass is 885 g/mol. The van der Waals surface area contributed by atoms with Crippen molar-refractivity contribution in [3.63, 3.8) is 0 Å². The Bertz CT molecular complexity index is 2620. The van der Waals surface area contributed by atoms with Crippen molar-refractivity contribution in [2.24, 2.45) is 4.99 Å². The van der Waals surface area contributed by atoms with Gasteiger partial charge in [-0.05, 0) is 105 Å². The summed E-state index contributed by atoms with van der Waals surface area (Å²) in [6.45, 7) is 6.45. The molecule has 0 fully saturated rings. The lowest BCUT2D eigenvalue weighted by Crippen LogP contribution is -2.37. The Morgan fingerprint density at radius 2 is 1.48 bits per heavy atom. The smallest absolute Gasteiger partial charge is 0.261 e. The third kappa shape index (κ3) is 9.19. The zero-order valence-corrected chi connectivity index (χ0v) is 37.9. The van der Waals surface area contributed by atoms with E-state index in [4.69, 9.17) is 29.7 Å². The number of amides is 3. The van der Waals surface area contributed by atoms with Gasteiger partial charge in [-0.2, -0.15) is 0 Å². The molecule has 3 heterocycles. The summed E-state index contributed by atoms with van der Waals surface area (Å²) in [6.07, 6.45) is 6.33. The van der Waals surface area contributed by atoms with Crippen molar-refractivity contribution >= 4 is 74.0 Å². The van der Waals surface area contributed by atoms with E-state index in [1.807, 2.05) is 86.1 Å². The first-order chi connectivity index (χ1) is 30.4. The number of hydrogen-bond donors (Lipinski definition) is 2. The van der Waals surface area contributed by atoms with Crippen LogP contribution in [0, 0.1) is 0 Å². The number of nitrogens with two attached hydrogens (primary N) is 1. The molecule has 5 aromatic carbocycles. The van der Waals surface area contributed by atoms with Gasteiger partial charge in [-0.3, -0.25) is 24.3 Å². The molecule has 0 bridgehead atoms. The summed E-state index contributed by atoms with van der Waals surface area (Å²) in [5, 5.41) is 3.09. The molecule has 326 valence electrons. The fraction of sp³-hybridized carbons (Fsp3) is 0.306. The molecule has 5 aromatic rings. The molecule has 63 heavy (non-hydrogen) atoms. The molecule has 0 spiro atoms. The number of carbonyl (C=O) groups is 3. The topological polar surface area (TPSA) is 145 Å². The molecule has 0 saturated carbocycles. The van der Waals surface area contributed by atoms with Gasteiger partial charge in [0.05, 0.1) is 37.1 Å². The quantitative estimate of drug-likeness (QED) is 0.0770. The highest BCUT2D eigenvalue weighted by Gasteiger charge is 2.37. The standard InChI is InChI=1S/C49H51N5O7S2/c1-29-17-32-11-7-9-13-40(32)53(29)47(56)36-22-42(58-4)44(24-38(36)50)60-27-30-18-31(20-34(19-30)52-46(55)15-16-49(2,3)63-62-6)28-61-45-25-39-37(23-43(45)59-5)48(57)54-35(26-51-39)21-33-12-8-10-14-41(33)54/h7-14,18-20,22-26,29,35H,15-17,21,27-28,50H2,1-6H3,(H,52,55)/t29-,35+/m1/s1. The van der Waals surface area contributed by atoms with Gasteiger partial charge in [0.25, 0.3) is 11.8 Å². The zero-order valence-electron chi connectivity index (χ0n) is 36.2. The molecule has 0 aliphatic carbocycles. The number of nitrogens with one attached hydrogen (secondary N) is 1. The predicted molar refractivity (Wildman–Crippen MR) is 254 cm³/mol. The highest BCUT2D eigenvalue weighted by atomic mass is 33.1. The molecule has 2 atom stereocenters. The minimum atomic E-state index is -0.214. The van der Waals surface area contributed by atoms with Crippen LogP contribution < -0.4 is 39.8 Å². The Balaban J connectivity index is 1.04. The van der Waals surface area contributed by atoms with Gasteiger partial charge < -0.3 is 34.9 Å². The summed E-state index contributed by atoms with van der Waals surface area (Å²) in [6, 6.07) is 27.9. The van der Waals surface area contributed by atoms with E-state index in [0.717, 1.165) is 40.0 Å². The number of nitrogen functional groups attached to an aromatic ring is 1. The van der Waals surface area contributed by atoms with Crippen LogP contribution in [0.2, 0.25) is 0 Å². The molecule has 3 amide bonds. The summed E-state index contributed by atoms with van der Waals surface area (Å²) in [5.74, 6) is 1.02. The van der Waals surface area contributed by atoms with Gasteiger partial charge in [-0.1, -0.05) is 58.0 Å². The molecule has 3 aliphatic rings. The van der Waals surface area contributed by atoms with Crippen molar-refractivity contribution in [2.45, 2.75) is 76.5 Å². The van der Waals surface area contributed by atoms with E-state index >= 15 is 0 Å². The molecule has 3 aliphatic heterocycles. The van der Waals surface area contributed by atoms with E-state index in [2.05, 4.69) is 19.2 Å². The first kappa shape index (κ1) is 43.5. The van der Waals surface area contributed by atoms with Gasteiger partial charge in [0.2, 0.25) is 5.91 Å². The number of hydrogen-bond acceptors (Lipinski definition) is 11. The number of fused-ring (bicyclic) bond motifs is 5. The molecule has 3 N–H and O–H groups in total. The van der Waals surface area contributed by atoms with Crippen LogP contribution in [0.1, 0.15) is 76.6 Å². The number of aliphatic imine (C=N–C) groups is 1. The maximum absolute atomic E-state index is 14.0. The van der Waals surface area contributed by atoms with Crippen LogP contribution in [-0.2, 0) is 30.8 Å². The number of carbonyl (C=O) groups excluding carboxylic acids is 3. The van der Waals surface area contributed by atoms with E-state index in [1.165, 1.54) is 14.2 Å². The van der Waals surface area contributed by atoms with Gasteiger partial charge in [-0.15, -0.1) is 0 Å². The maximum atomic E-state index is 14.0. The van der Waals surface area contributed by atoms with Gasteiger partial charge in [0.1, 0.15) is 13.2 Å². The lowest BCUT2D eigenvalue weighted by Gasteiger charge is -2.24.